The zero-order valence-electron chi connectivity index (χ0n) is 22.5. The Kier molecular flexibility index (Phi) is 6.44. The first-order valence-electron chi connectivity index (χ1n) is 12.5. The smallest absolute Gasteiger partial charge is 0.410 e. The van der Waals surface area contributed by atoms with Crippen molar-refractivity contribution in [2.75, 3.05) is 26.0 Å². The topological polar surface area (TPSA) is 126 Å². The van der Waals surface area contributed by atoms with Crippen LogP contribution >= 0.6 is 0 Å². The lowest BCUT2D eigenvalue weighted by Gasteiger charge is -2.28. The number of amides is 1. The van der Waals surface area contributed by atoms with Crippen molar-refractivity contribution >= 4 is 34.0 Å². The third-order valence-electron chi connectivity index (χ3n) is 6.67. The maximum absolute atomic E-state index is 13.0. The summed E-state index contributed by atoms with van der Waals surface area (Å²) in [5.74, 6) is 7.63. The molecule has 38 heavy (non-hydrogen) atoms. The Morgan fingerprint density at radius 2 is 2.03 bits per heavy atom. The molecule has 1 unspecified atom stereocenters. The largest absolute Gasteiger partial charge is 0.444 e. The molecule has 4 heterocycles. The van der Waals surface area contributed by atoms with Gasteiger partial charge < -0.3 is 24.7 Å². The number of imidazole rings is 1. The van der Waals surface area contributed by atoms with Crippen molar-refractivity contribution in [2.24, 2.45) is 7.05 Å². The maximum atomic E-state index is 13.0. The third-order valence-corrected chi connectivity index (χ3v) is 6.67. The Morgan fingerprint density at radius 1 is 1.24 bits per heavy atom. The normalized spacial score (nSPS) is 17.7. The predicted molar refractivity (Wildman–Crippen MR) is 143 cm³/mol. The first-order chi connectivity index (χ1) is 18.1. The van der Waals surface area contributed by atoms with Crippen molar-refractivity contribution in [3.05, 3.63) is 41.6 Å². The molecule has 1 saturated heterocycles. The molecule has 2 atom stereocenters. The summed E-state index contributed by atoms with van der Waals surface area (Å²) in [5, 5.41) is 5.41. The van der Waals surface area contributed by atoms with Crippen LogP contribution in [0, 0.1) is 18.8 Å². The summed E-state index contributed by atoms with van der Waals surface area (Å²) in [6.07, 6.45) is 1.66. The van der Waals surface area contributed by atoms with E-state index in [0.29, 0.717) is 42.1 Å². The Morgan fingerprint density at radius 3 is 2.76 bits per heavy atom. The second-order valence-electron chi connectivity index (χ2n) is 10.6. The number of benzene rings is 1. The molecule has 0 saturated carbocycles. The summed E-state index contributed by atoms with van der Waals surface area (Å²) in [5.41, 5.74) is 9.48. The van der Waals surface area contributed by atoms with E-state index < -0.39 is 5.60 Å². The summed E-state index contributed by atoms with van der Waals surface area (Å²) in [6.45, 7) is 8.30. The van der Waals surface area contributed by atoms with Gasteiger partial charge in [-0.05, 0) is 58.2 Å². The Labute approximate surface area is 220 Å². The van der Waals surface area contributed by atoms with E-state index in [4.69, 9.17) is 20.3 Å². The molecule has 11 heteroatoms. The van der Waals surface area contributed by atoms with Crippen molar-refractivity contribution in [1.82, 2.24) is 34.2 Å². The van der Waals surface area contributed by atoms with Gasteiger partial charge in [-0.1, -0.05) is 5.92 Å². The molecule has 1 aliphatic rings. The molecule has 0 bridgehead atoms. The van der Waals surface area contributed by atoms with Crippen LogP contribution in [-0.4, -0.2) is 72.2 Å². The predicted octanol–water partition coefficient (Wildman–Crippen LogP) is 3.20. The van der Waals surface area contributed by atoms with Gasteiger partial charge in [-0.15, -0.1) is 0 Å². The number of anilines is 1. The van der Waals surface area contributed by atoms with Gasteiger partial charge in [0, 0.05) is 26.3 Å². The Balaban J connectivity index is 1.51. The summed E-state index contributed by atoms with van der Waals surface area (Å²) >= 11 is 0. The summed E-state index contributed by atoms with van der Waals surface area (Å²) < 4.78 is 14.9. The van der Waals surface area contributed by atoms with Gasteiger partial charge in [0.15, 0.2) is 5.65 Å². The number of rotatable bonds is 3. The first-order valence-corrected chi connectivity index (χ1v) is 12.5. The van der Waals surface area contributed by atoms with Crippen LogP contribution in [0.3, 0.4) is 0 Å². The molecule has 0 aliphatic carbocycles. The van der Waals surface area contributed by atoms with Crippen molar-refractivity contribution in [1.29, 1.82) is 0 Å². The lowest BCUT2D eigenvalue weighted by Crippen LogP contribution is -2.41. The van der Waals surface area contributed by atoms with Gasteiger partial charge >= 0.3 is 6.09 Å². The zero-order valence-corrected chi connectivity index (χ0v) is 22.5. The molecule has 1 fully saturated rings. The number of fused-ring (bicyclic) bond motifs is 2. The van der Waals surface area contributed by atoms with Crippen LogP contribution in [0.4, 0.5) is 10.6 Å². The number of carbonyl (C=O) groups excluding carboxylic acids is 1. The number of nitrogens with two attached hydrogens (primary N) is 1. The minimum absolute atomic E-state index is 0.163. The molecule has 1 aromatic carbocycles. The molecule has 1 aliphatic heterocycles. The van der Waals surface area contributed by atoms with Crippen LogP contribution in [0.15, 0.2) is 24.5 Å². The quantitative estimate of drug-likeness (QED) is 0.412. The van der Waals surface area contributed by atoms with Gasteiger partial charge in [0.1, 0.15) is 29.3 Å². The second kappa shape index (κ2) is 9.61. The second-order valence-corrected chi connectivity index (χ2v) is 10.6. The highest BCUT2D eigenvalue weighted by molar-refractivity contribution is 5.90. The monoisotopic (exact) mass is 516 g/mol. The number of hydrogen-bond acceptors (Lipinski definition) is 8. The highest BCUT2D eigenvalue weighted by atomic mass is 16.6. The van der Waals surface area contributed by atoms with E-state index in [1.807, 2.05) is 57.5 Å². The summed E-state index contributed by atoms with van der Waals surface area (Å²) in [6, 6.07) is 5.57. The number of likely N-dealkylation sites (tertiary alicyclic amines) is 1. The van der Waals surface area contributed by atoms with Gasteiger partial charge in [0.05, 0.1) is 35.1 Å². The summed E-state index contributed by atoms with van der Waals surface area (Å²) in [4.78, 5) is 27.9. The molecule has 2 N–H and O–H groups in total. The van der Waals surface area contributed by atoms with Gasteiger partial charge in [0.25, 0.3) is 0 Å². The van der Waals surface area contributed by atoms with Crippen LogP contribution in [0.5, 0.6) is 0 Å². The average molecular weight is 517 g/mol. The Hall–Kier alpha value is -4.17. The molecule has 0 spiro atoms. The van der Waals surface area contributed by atoms with E-state index in [1.165, 1.54) is 6.33 Å². The van der Waals surface area contributed by atoms with E-state index in [2.05, 4.69) is 26.8 Å². The van der Waals surface area contributed by atoms with Crippen LogP contribution < -0.4 is 5.73 Å². The first kappa shape index (κ1) is 25.5. The Bertz CT molecular complexity index is 1590. The van der Waals surface area contributed by atoms with Crippen molar-refractivity contribution in [3.8, 4) is 11.8 Å². The van der Waals surface area contributed by atoms with Crippen LogP contribution in [0.2, 0.25) is 0 Å². The fourth-order valence-corrected chi connectivity index (χ4v) is 4.82. The molecule has 5 rings (SSSR count). The molecular formula is C27H32N8O3. The van der Waals surface area contributed by atoms with Crippen molar-refractivity contribution in [2.45, 2.75) is 51.8 Å². The molecule has 0 radical (unpaired) electrons. The van der Waals surface area contributed by atoms with Crippen molar-refractivity contribution < 1.29 is 14.3 Å². The van der Waals surface area contributed by atoms with Gasteiger partial charge in [0.2, 0.25) is 0 Å². The lowest BCUT2D eigenvalue weighted by molar-refractivity contribution is 0.0145. The van der Waals surface area contributed by atoms with Gasteiger partial charge in [-0.25, -0.2) is 24.4 Å². The molecule has 3 aromatic heterocycles. The minimum Gasteiger partial charge on any atom is -0.444 e. The number of hydrogen-bond donors (Lipinski definition) is 1. The number of nitrogens with zero attached hydrogens (tertiary/aromatic N) is 7. The van der Waals surface area contributed by atoms with E-state index in [-0.39, 0.29) is 18.2 Å². The van der Waals surface area contributed by atoms with E-state index in [1.54, 1.807) is 16.7 Å². The van der Waals surface area contributed by atoms with E-state index in [0.717, 1.165) is 22.4 Å². The molecule has 198 valence electrons. The fourth-order valence-electron chi connectivity index (χ4n) is 4.82. The minimum atomic E-state index is -0.604. The number of ether oxygens (including phenoxy) is 2. The SMILES string of the molecule is COC[C@H]1CC(n2nc(C#Cc3ccc4nc(C)n(C)c4c3)c3c(N)ncnc32)CN1C(=O)OC(C)(C)C. The van der Waals surface area contributed by atoms with E-state index in [9.17, 15) is 4.79 Å². The fraction of sp³-hybridized carbons (Fsp3) is 0.444. The molecule has 11 nitrogen and oxygen atoms in total. The molecular weight excluding hydrogens is 484 g/mol. The number of aromatic nitrogens is 6. The number of carbonyl (C=O) groups is 1. The van der Waals surface area contributed by atoms with Crippen LogP contribution in [0.1, 0.15) is 50.3 Å². The van der Waals surface area contributed by atoms with Crippen LogP contribution in [-0.2, 0) is 16.5 Å². The lowest BCUT2D eigenvalue weighted by atomic mass is 10.2. The van der Waals surface area contributed by atoms with Gasteiger partial charge in [-0.2, -0.15) is 5.10 Å². The summed E-state index contributed by atoms with van der Waals surface area (Å²) in [7, 11) is 3.60. The van der Waals surface area contributed by atoms with E-state index >= 15 is 0 Å². The highest BCUT2D eigenvalue weighted by Crippen LogP contribution is 2.32. The van der Waals surface area contributed by atoms with Crippen molar-refractivity contribution in [3.63, 3.8) is 0 Å². The highest BCUT2D eigenvalue weighted by Gasteiger charge is 2.39. The molecule has 4 aromatic rings. The van der Waals surface area contributed by atoms with Gasteiger partial charge in [-0.3, -0.25) is 0 Å². The standard InChI is InChI=1S/C27H32N8O3/c1-16-31-20-9-7-17(11-22(20)33(16)5)8-10-21-23-24(28)29-15-30-25(23)35(32-21)18-12-19(14-37-6)34(13-18)26(36)38-27(2,3)4/h7,9,11,15,18-19H,12-14H2,1-6H3,(H2,28,29,30)/t18?,19-/m1/s1. The third kappa shape index (κ3) is 4.75. The molecule has 1 amide bonds. The van der Waals surface area contributed by atoms with Crippen LogP contribution in [0.25, 0.3) is 22.1 Å². The number of aryl methyl sites for hydroxylation is 2. The number of nitrogen functional groups attached to an aromatic ring is 1. The average Bonchev–Trinajstić information content (AvgIpc) is 3.52. The maximum Gasteiger partial charge on any atom is 0.410 e. The zero-order chi connectivity index (χ0) is 27.2. The number of methoxy groups -OCH3 is 1.